The molecule has 0 atom stereocenters. The fourth-order valence-corrected chi connectivity index (χ4v) is 2.85. The molecule has 0 saturated heterocycles. The van der Waals surface area contributed by atoms with Crippen LogP contribution in [0, 0.1) is 5.92 Å². The first-order chi connectivity index (χ1) is 7.13. The molecule has 0 heterocycles. The third-order valence-electron chi connectivity index (χ3n) is 2.61. The standard InChI is InChI=1S/C12H25Cl2P/c1-12(2)10-8-6-4-3-5-7-9-11-15(13)14/h12H,3-11H2,1-2H3. The fraction of sp³-hybridized carbons (Fsp3) is 1.00. The van der Waals surface area contributed by atoms with Gasteiger partial charge in [-0.2, -0.15) is 0 Å². The molecule has 92 valence electrons. The van der Waals surface area contributed by atoms with Crippen molar-refractivity contribution >= 4 is 29.1 Å². The molecular formula is C12H25Cl2P. The number of hydrogen-bond donors (Lipinski definition) is 0. The van der Waals surface area contributed by atoms with E-state index in [0.717, 1.165) is 12.1 Å². The van der Waals surface area contributed by atoms with Crippen molar-refractivity contribution in [3.63, 3.8) is 0 Å². The van der Waals surface area contributed by atoms with Gasteiger partial charge >= 0.3 is 0 Å². The Morgan fingerprint density at radius 3 is 1.73 bits per heavy atom. The highest BCUT2D eigenvalue weighted by Crippen LogP contribution is 2.47. The van der Waals surface area contributed by atoms with Gasteiger partial charge in [0.05, 0.1) is 6.63 Å². The molecule has 0 aromatic rings. The molecule has 3 heteroatoms. The minimum atomic E-state index is -0.694. The summed E-state index contributed by atoms with van der Waals surface area (Å²) >= 11 is 11.4. The molecule has 0 aliphatic heterocycles. The Labute approximate surface area is 106 Å². The number of unbranched alkanes of at least 4 members (excludes halogenated alkanes) is 6. The van der Waals surface area contributed by atoms with Gasteiger partial charge in [0.2, 0.25) is 0 Å². The zero-order valence-electron chi connectivity index (χ0n) is 10.1. The molecule has 0 rings (SSSR count). The third-order valence-corrected chi connectivity index (χ3v) is 4.28. The van der Waals surface area contributed by atoms with Crippen LogP contribution in [0.25, 0.3) is 0 Å². The first-order valence-corrected chi connectivity index (χ1v) is 9.55. The van der Waals surface area contributed by atoms with Crippen LogP contribution in [0.4, 0.5) is 0 Å². The summed E-state index contributed by atoms with van der Waals surface area (Å²) in [5.74, 6) is 0.872. The lowest BCUT2D eigenvalue weighted by atomic mass is 10.0. The first kappa shape index (κ1) is 16.0. The zero-order chi connectivity index (χ0) is 11.5. The molecule has 0 spiro atoms. The first-order valence-electron chi connectivity index (χ1n) is 6.22. The Kier molecular flexibility index (Phi) is 12.3. The van der Waals surface area contributed by atoms with Crippen LogP contribution >= 0.6 is 29.1 Å². The van der Waals surface area contributed by atoms with Crippen LogP contribution in [0.3, 0.4) is 0 Å². The second-order valence-electron chi connectivity index (χ2n) is 4.68. The molecule has 0 aromatic carbocycles. The molecule has 0 aromatic heterocycles. The van der Waals surface area contributed by atoms with E-state index in [0.29, 0.717) is 0 Å². The minimum Gasteiger partial charge on any atom is -0.0781 e. The molecule has 0 aliphatic rings. The highest BCUT2D eigenvalue weighted by molar-refractivity contribution is 8.03. The average molecular weight is 271 g/mol. The third kappa shape index (κ3) is 15.0. The van der Waals surface area contributed by atoms with Gasteiger partial charge in [-0.1, -0.05) is 81.3 Å². The van der Waals surface area contributed by atoms with E-state index in [-0.39, 0.29) is 0 Å². The highest BCUT2D eigenvalue weighted by atomic mass is 35.9. The predicted octanol–water partition coefficient (Wildman–Crippen LogP) is 6.55. The molecular weight excluding hydrogens is 246 g/mol. The van der Waals surface area contributed by atoms with Crippen molar-refractivity contribution in [1.82, 2.24) is 0 Å². The van der Waals surface area contributed by atoms with E-state index in [2.05, 4.69) is 13.8 Å². The maximum Gasteiger partial charge on any atom is 0.0854 e. The summed E-state index contributed by atoms with van der Waals surface area (Å²) in [6, 6.07) is 0. The van der Waals surface area contributed by atoms with Gasteiger partial charge < -0.3 is 0 Å². The summed E-state index contributed by atoms with van der Waals surface area (Å²) in [5, 5.41) is 0. The summed E-state index contributed by atoms with van der Waals surface area (Å²) in [7, 11) is 0. The summed E-state index contributed by atoms with van der Waals surface area (Å²) in [6.07, 6.45) is 11.9. The van der Waals surface area contributed by atoms with E-state index in [1.807, 2.05) is 0 Å². The molecule has 0 N–H and O–H groups in total. The molecule has 0 amide bonds. The van der Waals surface area contributed by atoms with Crippen molar-refractivity contribution in [2.45, 2.75) is 65.2 Å². The van der Waals surface area contributed by atoms with Gasteiger partial charge in [-0.05, 0) is 18.5 Å². The average Bonchev–Trinajstić information content (AvgIpc) is 2.14. The Bertz CT molecular complexity index is 113. The van der Waals surface area contributed by atoms with E-state index in [4.69, 9.17) is 22.5 Å². The summed E-state index contributed by atoms with van der Waals surface area (Å²) in [5.41, 5.74) is 0. The van der Waals surface area contributed by atoms with Crippen molar-refractivity contribution in [2.75, 3.05) is 6.16 Å². The van der Waals surface area contributed by atoms with Gasteiger partial charge in [0.1, 0.15) is 0 Å². The Balaban J connectivity index is 2.93. The maximum atomic E-state index is 5.72. The monoisotopic (exact) mass is 270 g/mol. The van der Waals surface area contributed by atoms with Crippen LogP contribution in [-0.2, 0) is 0 Å². The quantitative estimate of drug-likeness (QED) is 0.312. The second-order valence-corrected chi connectivity index (χ2v) is 8.70. The van der Waals surface area contributed by atoms with Crippen LogP contribution in [0.15, 0.2) is 0 Å². The van der Waals surface area contributed by atoms with E-state index < -0.39 is 6.63 Å². The van der Waals surface area contributed by atoms with E-state index in [1.165, 1.54) is 51.4 Å². The molecule has 0 bridgehead atoms. The van der Waals surface area contributed by atoms with Crippen LogP contribution in [0.1, 0.15) is 65.2 Å². The smallest absolute Gasteiger partial charge is 0.0781 e. The number of hydrogen-bond acceptors (Lipinski definition) is 0. The van der Waals surface area contributed by atoms with Crippen molar-refractivity contribution in [3.05, 3.63) is 0 Å². The van der Waals surface area contributed by atoms with Crippen LogP contribution < -0.4 is 0 Å². The number of halogens is 2. The van der Waals surface area contributed by atoms with Gasteiger partial charge in [0, 0.05) is 0 Å². The van der Waals surface area contributed by atoms with E-state index in [9.17, 15) is 0 Å². The second kappa shape index (κ2) is 11.5. The normalized spacial score (nSPS) is 11.6. The Morgan fingerprint density at radius 1 is 0.800 bits per heavy atom. The lowest BCUT2D eigenvalue weighted by Gasteiger charge is -2.04. The van der Waals surface area contributed by atoms with Gasteiger partial charge in [-0.3, -0.25) is 0 Å². The maximum absolute atomic E-state index is 5.72. The van der Waals surface area contributed by atoms with Crippen molar-refractivity contribution < 1.29 is 0 Å². The predicted molar refractivity (Wildman–Crippen MR) is 75.3 cm³/mol. The SMILES string of the molecule is CC(C)CCCCCCCCCP(Cl)Cl. The molecule has 0 nitrogen and oxygen atoms in total. The van der Waals surface area contributed by atoms with E-state index >= 15 is 0 Å². The molecule has 0 fully saturated rings. The fourth-order valence-electron chi connectivity index (χ4n) is 1.67. The van der Waals surface area contributed by atoms with Gasteiger partial charge in [-0.15, -0.1) is 0 Å². The van der Waals surface area contributed by atoms with Crippen molar-refractivity contribution in [2.24, 2.45) is 5.92 Å². The Hall–Kier alpha value is 1.01. The van der Waals surface area contributed by atoms with Crippen molar-refractivity contribution in [3.8, 4) is 0 Å². The van der Waals surface area contributed by atoms with Crippen LogP contribution in [0.5, 0.6) is 0 Å². The highest BCUT2D eigenvalue weighted by Gasteiger charge is 1.98. The van der Waals surface area contributed by atoms with Gasteiger partial charge in [-0.25, -0.2) is 0 Å². The van der Waals surface area contributed by atoms with Crippen LogP contribution in [-0.4, -0.2) is 6.16 Å². The summed E-state index contributed by atoms with van der Waals surface area (Å²) in [4.78, 5) is 0. The van der Waals surface area contributed by atoms with Gasteiger partial charge in [0.15, 0.2) is 0 Å². The van der Waals surface area contributed by atoms with Gasteiger partial charge in [0.25, 0.3) is 0 Å². The lowest BCUT2D eigenvalue weighted by Crippen LogP contribution is -1.87. The van der Waals surface area contributed by atoms with Crippen LogP contribution in [0.2, 0.25) is 0 Å². The summed E-state index contributed by atoms with van der Waals surface area (Å²) < 4.78 is 0. The molecule has 15 heavy (non-hydrogen) atoms. The largest absolute Gasteiger partial charge is 0.0854 e. The Morgan fingerprint density at radius 2 is 1.27 bits per heavy atom. The molecule has 0 saturated carbocycles. The zero-order valence-corrected chi connectivity index (χ0v) is 12.6. The van der Waals surface area contributed by atoms with Crippen molar-refractivity contribution in [1.29, 1.82) is 0 Å². The van der Waals surface area contributed by atoms with E-state index in [1.54, 1.807) is 0 Å². The molecule has 0 unspecified atom stereocenters. The number of rotatable bonds is 10. The lowest BCUT2D eigenvalue weighted by molar-refractivity contribution is 0.511. The topological polar surface area (TPSA) is 0 Å². The minimum absolute atomic E-state index is 0.694. The molecule has 0 radical (unpaired) electrons. The summed E-state index contributed by atoms with van der Waals surface area (Å²) in [6.45, 7) is 3.91. The molecule has 0 aliphatic carbocycles.